The molecule has 2 fully saturated rings. The van der Waals surface area contributed by atoms with Gasteiger partial charge in [0.25, 0.3) is 0 Å². The Morgan fingerprint density at radius 1 is 0.955 bits per heavy atom. The van der Waals surface area contributed by atoms with Crippen molar-refractivity contribution in [3.8, 4) is 11.3 Å². The van der Waals surface area contributed by atoms with Gasteiger partial charge in [0.05, 0.1) is 11.6 Å². The van der Waals surface area contributed by atoms with Crippen molar-refractivity contribution in [2.45, 2.75) is 116 Å². The van der Waals surface area contributed by atoms with Gasteiger partial charge in [-0.25, -0.2) is 0 Å². The largest absolute Gasteiger partial charge is 0.685 e. The van der Waals surface area contributed by atoms with E-state index in [2.05, 4.69) is 82.1 Å². The minimum absolute atomic E-state index is 0. The van der Waals surface area contributed by atoms with Gasteiger partial charge in [-0.3, -0.25) is 15.0 Å². The summed E-state index contributed by atoms with van der Waals surface area (Å²) in [4.78, 5) is 14.4. The predicted molar refractivity (Wildman–Crippen MR) is 182 cm³/mol. The Balaban J connectivity index is 0.000000176. The van der Waals surface area contributed by atoms with Gasteiger partial charge in [0.15, 0.2) is 0 Å². The average molecular weight is 763 g/mol. The molecule has 4 aromatic rings. The van der Waals surface area contributed by atoms with Crippen LogP contribution in [0.15, 0.2) is 65.6 Å². The van der Waals surface area contributed by atoms with Crippen molar-refractivity contribution in [3.63, 3.8) is 0 Å². The predicted octanol–water partition coefficient (Wildman–Crippen LogP) is 10.6. The Kier molecular flexibility index (Phi) is 10.4. The number of hydrogen-bond donors (Lipinski definition) is 0. The van der Waals surface area contributed by atoms with Gasteiger partial charge >= 0.3 is 0 Å². The van der Waals surface area contributed by atoms with Crippen LogP contribution in [0.25, 0.3) is 38.2 Å². The number of nitrogens with zero attached hydrogens (tertiary/aromatic N) is 4. The van der Waals surface area contributed by atoms with E-state index in [0.29, 0.717) is 12.1 Å². The molecule has 0 aliphatic heterocycles. The molecule has 0 unspecified atom stereocenters. The number of aromatic nitrogens is 2. The Bertz CT molecular complexity index is 1670. The van der Waals surface area contributed by atoms with Crippen molar-refractivity contribution < 1.29 is 20.1 Å². The van der Waals surface area contributed by atoms with E-state index in [1.165, 1.54) is 103 Å². The van der Waals surface area contributed by atoms with Crippen molar-refractivity contribution in [2.75, 3.05) is 0 Å². The van der Waals surface area contributed by atoms with Crippen molar-refractivity contribution in [1.29, 1.82) is 0 Å². The van der Waals surface area contributed by atoms with Gasteiger partial charge in [0.1, 0.15) is 0 Å². The monoisotopic (exact) mass is 763 g/mol. The summed E-state index contributed by atoms with van der Waals surface area (Å²) in [5, 5.41) is 8.47. The van der Waals surface area contributed by atoms with E-state index >= 15 is 0 Å². The molecular formula is C39H46IrN4-2. The maximum atomic E-state index is 5.04. The quantitative estimate of drug-likeness (QED) is 0.154. The second-order valence-corrected chi connectivity index (χ2v) is 13.4. The first-order chi connectivity index (χ1) is 20.8. The summed E-state index contributed by atoms with van der Waals surface area (Å²) >= 11 is 0. The third-order valence-corrected chi connectivity index (χ3v) is 9.72. The summed E-state index contributed by atoms with van der Waals surface area (Å²) in [7, 11) is 0. The van der Waals surface area contributed by atoms with Crippen molar-refractivity contribution >= 4 is 27.4 Å². The summed E-state index contributed by atoms with van der Waals surface area (Å²) < 4.78 is 0. The molecule has 233 valence electrons. The van der Waals surface area contributed by atoms with Crippen molar-refractivity contribution in [2.24, 2.45) is 4.99 Å². The Morgan fingerprint density at radius 3 is 2.43 bits per heavy atom. The molecule has 0 atom stereocenters. The zero-order chi connectivity index (χ0) is 30.0. The van der Waals surface area contributed by atoms with E-state index in [1.807, 2.05) is 18.5 Å². The Labute approximate surface area is 277 Å². The topological polar surface area (TPSA) is 52.2 Å². The smallest absolute Gasteiger partial charge is 0.0598 e. The molecule has 0 spiro atoms. The first-order valence-electron chi connectivity index (χ1n) is 16.4. The van der Waals surface area contributed by atoms with E-state index < -0.39 is 0 Å². The number of allylic oxidation sites excluding steroid dienone is 2. The molecule has 0 amide bonds. The van der Waals surface area contributed by atoms with Gasteiger partial charge in [-0.15, -0.1) is 29.8 Å². The molecule has 0 N–H and O–H groups in total. The Hall–Kier alpha value is -2.88. The summed E-state index contributed by atoms with van der Waals surface area (Å²) in [6.07, 6.45) is 19.5. The molecule has 1 radical (unpaired) electrons. The van der Waals surface area contributed by atoms with E-state index in [-0.39, 0.29) is 25.5 Å². The minimum atomic E-state index is -0.131. The molecular weight excluding hydrogens is 717 g/mol. The molecule has 0 saturated heterocycles. The number of pyridine rings is 2. The molecule has 2 saturated carbocycles. The van der Waals surface area contributed by atoms with Gasteiger partial charge in [0.2, 0.25) is 0 Å². The first-order valence-corrected chi connectivity index (χ1v) is 16.4. The molecule has 3 aliphatic rings. The van der Waals surface area contributed by atoms with E-state index in [0.717, 1.165) is 22.2 Å². The van der Waals surface area contributed by atoms with Crippen molar-refractivity contribution in [3.05, 3.63) is 88.6 Å². The van der Waals surface area contributed by atoms with Crippen LogP contribution in [0.1, 0.15) is 109 Å². The zero-order valence-electron chi connectivity index (χ0n) is 27.0. The molecule has 3 aliphatic carbocycles. The fraction of sp³-hybridized carbons (Fsp3) is 0.462. The van der Waals surface area contributed by atoms with Crippen LogP contribution in [0.5, 0.6) is 0 Å². The number of benzene rings is 2. The van der Waals surface area contributed by atoms with Gasteiger partial charge in [-0.05, 0) is 44.0 Å². The summed E-state index contributed by atoms with van der Waals surface area (Å²) in [6.45, 7) is 10.9. The van der Waals surface area contributed by atoms with E-state index in [1.54, 1.807) is 0 Å². The van der Waals surface area contributed by atoms with Crippen LogP contribution in [0, 0.1) is 13.0 Å². The molecule has 5 heteroatoms. The number of rotatable bonds is 4. The fourth-order valence-electron chi connectivity index (χ4n) is 7.36. The first kappa shape index (κ1) is 32.5. The Morgan fingerprint density at radius 2 is 1.68 bits per heavy atom. The molecule has 2 aromatic heterocycles. The van der Waals surface area contributed by atoms with Gasteiger partial charge < -0.3 is 5.32 Å². The third-order valence-electron chi connectivity index (χ3n) is 9.72. The number of aliphatic imine (C=N–C) groups is 1. The standard InChI is InChI=1S/C22H17N2.C17H29N2.Ir/c1-13-6-4-9-19-16(13)10-17-21(24-19)15-8-5-7-14-11-23-12-18(20(14)15)22(17,2)3;1-14(18-16-9-5-3-6-10-16)13-15(2)19-17-11-7-4-8-12-17;/h4-7,9-12H,1-3H3;13,16-17H,3-12H2,1-2H3;/q2*-1;/b;14-13-,19-15?;. The summed E-state index contributed by atoms with van der Waals surface area (Å²) in [5.74, 6) is 0. The number of hydrogen-bond acceptors (Lipinski definition) is 3. The molecule has 2 heterocycles. The molecule has 2 aromatic carbocycles. The zero-order valence-corrected chi connectivity index (χ0v) is 29.4. The second kappa shape index (κ2) is 14.0. The minimum Gasteiger partial charge on any atom is -0.685 e. The molecule has 44 heavy (non-hydrogen) atoms. The fourth-order valence-corrected chi connectivity index (χ4v) is 7.36. The van der Waals surface area contributed by atoms with Crippen LogP contribution in [-0.2, 0) is 25.5 Å². The SMILES string of the molecule is CC(/C=C(/C)[N-]C1CCCCC1)=NC1CCCCC1.Cc1cccc2nc3c(cc12)C(C)(C)c1cncc2cc[c-]c-3c12.[Ir]. The molecule has 0 bridgehead atoms. The van der Waals surface area contributed by atoms with Gasteiger partial charge in [0, 0.05) is 49.0 Å². The van der Waals surface area contributed by atoms with Crippen LogP contribution in [0.2, 0.25) is 0 Å². The van der Waals surface area contributed by atoms with Crippen LogP contribution in [-0.4, -0.2) is 27.8 Å². The van der Waals surface area contributed by atoms with E-state index in [9.17, 15) is 0 Å². The summed E-state index contributed by atoms with van der Waals surface area (Å²) in [6, 6.07) is 17.3. The van der Waals surface area contributed by atoms with Crippen molar-refractivity contribution in [1.82, 2.24) is 9.97 Å². The second-order valence-electron chi connectivity index (χ2n) is 13.4. The van der Waals surface area contributed by atoms with Gasteiger partial charge in [-0.2, -0.15) is 5.70 Å². The number of aryl methyl sites for hydroxylation is 1. The molecule has 7 rings (SSSR count). The van der Waals surface area contributed by atoms with E-state index in [4.69, 9.17) is 15.3 Å². The maximum absolute atomic E-state index is 5.04. The van der Waals surface area contributed by atoms with Gasteiger partial charge in [-0.1, -0.05) is 118 Å². The van der Waals surface area contributed by atoms with Crippen LogP contribution < -0.4 is 0 Å². The normalized spacial score (nSPS) is 18.7. The van der Waals surface area contributed by atoms with Crippen LogP contribution in [0.4, 0.5) is 0 Å². The summed E-state index contributed by atoms with van der Waals surface area (Å²) in [5.41, 5.74) is 9.19. The maximum Gasteiger partial charge on any atom is 0.0598 e. The third kappa shape index (κ3) is 6.85. The molecule has 4 nitrogen and oxygen atoms in total. The number of fused-ring (bicyclic) bond motifs is 3. The van der Waals surface area contributed by atoms with Crippen LogP contribution in [0.3, 0.4) is 0 Å². The van der Waals surface area contributed by atoms with Crippen LogP contribution >= 0.6 is 0 Å². The average Bonchev–Trinajstić information content (AvgIpc) is 3.01.